The molecule has 0 aliphatic heterocycles. The van der Waals surface area contributed by atoms with Gasteiger partial charge in [0.2, 0.25) is 5.95 Å². The van der Waals surface area contributed by atoms with Gasteiger partial charge >= 0.3 is 0 Å². The molecule has 0 saturated carbocycles. The summed E-state index contributed by atoms with van der Waals surface area (Å²) < 4.78 is 0. The fourth-order valence-electron chi connectivity index (χ4n) is 1.62. The SMILES string of the molecule is CCNc1nc(Sc2ccccn2)c2[nH]cnc2n1. The van der Waals surface area contributed by atoms with Crippen LogP contribution in [0.2, 0.25) is 0 Å². The number of hydrogen-bond donors (Lipinski definition) is 2. The second kappa shape index (κ2) is 5.23. The van der Waals surface area contributed by atoms with Crippen molar-refractivity contribution in [2.24, 2.45) is 0 Å². The van der Waals surface area contributed by atoms with Crippen molar-refractivity contribution in [2.75, 3.05) is 11.9 Å². The summed E-state index contributed by atoms with van der Waals surface area (Å²) in [5.41, 5.74) is 1.49. The Kier molecular flexibility index (Phi) is 3.28. The number of rotatable bonds is 4. The number of nitrogens with zero attached hydrogens (tertiary/aromatic N) is 4. The van der Waals surface area contributed by atoms with Crippen LogP contribution in [0.4, 0.5) is 5.95 Å². The Hall–Kier alpha value is -2.15. The predicted molar refractivity (Wildman–Crippen MR) is 74.2 cm³/mol. The van der Waals surface area contributed by atoms with E-state index in [1.54, 1.807) is 12.5 Å². The number of anilines is 1. The van der Waals surface area contributed by atoms with Crippen LogP contribution in [0.15, 0.2) is 40.8 Å². The molecule has 3 rings (SSSR count). The number of nitrogens with one attached hydrogen (secondary N) is 2. The topological polar surface area (TPSA) is 79.4 Å². The van der Waals surface area contributed by atoms with Gasteiger partial charge in [0.05, 0.1) is 6.33 Å². The first-order valence-electron chi connectivity index (χ1n) is 5.90. The average Bonchev–Trinajstić information content (AvgIpc) is 2.89. The van der Waals surface area contributed by atoms with E-state index in [9.17, 15) is 0 Å². The Morgan fingerprint density at radius 2 is 2.21 bits per heavy atom. The standard InChI is InChI=1S/C12H12N6S/c1-2-13-12-17-10-9(15-7-16-10)11(18-12)19-8-5-3-4-6-14-8/h3-7H,2H2,1H3,(H2,13,15,16,17,18). The number of fused-ring (bicyclic) bond motifs is 1. The lowest BCUT2D eigenvalue weighted by molar-refractivity contribution is 1.03. The van der Waals surface area contributed by atoms with Crippen LogP contribution in [0.5, 0.6) is 0 Å². The lowest BCUT2D eigenvalue weighted by atomic mass is 10.5. The van der Waals surface area contributed by atoms with E-state index in [1.165, 1.54) is 11.8 Å². The molecule has 3 aromatic heterocycles. The minimum absolute atomic E-state index is 0.584. The van der Waals surface area contributed by atoms with Gasteiger partial charge in [0.15, 0.2) is 5.65 Å². The quantitative estimate of drug-likeness (QED) is 0.710. The highest BCUT2D eigenvalue weighted by Crippen LogP contribution is 2.29. The van der Waals surface area contributed by atoms with Gasteiger partial charge in [-0.15, -0.1) is 0 Å². The van der Waals surface area contributed by atoms with E-state index in [0.29, 0.717) is 11.6 Å². The molecule has 3 aromatic rings. The first-order valence-corrected chi connectivity index (χ1v) is 6.72. The number of hydrogen-bond acceptors (Lipinski definition) is 6. The molecule has 0 saturated heterocycles. The van der Waals surface area contributed by atoms with Crippen molar-refractivity contribution in [1.82, 2.24) is 24.9 Å². The van der Waals surface area contributed by atoms with Gasteiger partial charge in [0, 0.05) is 12.7 Å². The van der Waals surface area contributed by atoms with E-state index < -0.39 is 0 Å². The normalized spacial score (nSPS) is 10.8. The van der Waals surface area contributed by atoms with Crippen LogP contribution in [0.1, 0.15) is 6.92 Å². The molecule has 0 radical (unpaired) electrons. The molecule has 0 fully saturated rings. The van der Waals surface area contributed by atoms with Crippen LogP contribution in [0.3, 0.4) is 0 Å². The third-order valence-electron chi connectivity index (χ3n) is 2.43. The van der Waals surface area contributed by atoms with Crippen LogP contribution in [0, 0.1) is 0 Å². The highest BCUT2D eigenvalue weighted by Gasteiger charge is 2.11. The van der Waals surface area contributed by atoms with Gasteiger partial charge in [-0.2, -0.15) is 4.98 Å². The fourth-order valence-corrected chi connectivity index (χ4v) is 2.47. The van der Waals surface area contributed by atoms with Gasteiger partial charge in [-0.05, 0) is 30.8 Å². The van der Waals surface area contributed by atoms with Gasteiger partial charge < -0.3 is 10.3 Å². The molecule has 0 amide bonds. The van der Waals surface area contributed by atoms with E-state index in [1.807, 2.05) is 25.1 Å². The summed E-state index contributed by atoms with van der Waals surface area (Å²) in [7, 11) is 0. The van der Waals surface area contributed by atoms with Gasteiger partial charge in [-0.3, -0.25) is 0 Å². The highest BCUT2D eigenvalue weighted by atomic mass is 32.2. The Morgan fingerprint density at radius 1 is 1.26 bits per heavy atom. The molecular weight excluding hydrogens is 260 g/mol. The zero-order valence-electron chi connectivity index (χ0n) is 10.3. The third kappa shape index (κ3) is 2.50. The van der Waals surface area contributed by atoms with Crippen molar-refractivity contribution in [3.63, 3.8) is 0 Å². The van der Waals surface area contributed by atoms with Crippen LogP contribution in [-0.4, -0.2) is 31.5 Å². The van der Waals surface area contributed by atoms with Crippen LogP contribution >= 0.6 is 11.8 Å². The Bertz CT molecular complexity index is 681. The fraction of sp³-hybridized carbons (Fsp3) is 0.167. The molecule has 0 aromatic carbocycles. The molecule has 0 unspecified atom stereocenters. The van der Waals surface area contributed by atoms with E-state index >= 15 is 0 Å². The summed E-state index contributed by atoms with van der Waals surface area (Å²) in [5, 5.41) is 4.81. The molecule has 0 aliphatic carbocycles. The summed E-state index contributed by atoms with van der Waals surface area (Å²) in [6, 6.07) is 5.79. The maximum absolute atomic E-state index is 4.49. The molecule has 0 atom stereocenters. The second-order valence-corrected chi connectivity index (χ2v) is 4.76. The van der Waals surface area contributed by atoms with Crippen LogP contribution < -0.4 is 5.32 Å². The minimum atomic E-state index is 0.584. The maximum atomic E-state index is 4.49. The van der Waals surface area contributed by atoms with E-state index in [0.717, 1.165) is 22.1 Å². The smallest absolute Gasteiger partial charge is 0.225 e. The van der Waals surface area contributed by atoms with Crippen LogP contribution in [0.25, 0.3) is 11.2 Å². The van der Waals surface area contributed by atoms with Crippen molar-refractivity contribution in [3.05, 3.63) is 30.7 Å². The first-order chi connectivity index (χ1) is 9.36. The molecule has 3 heterocycles. The summed E-state index contributed by atoms with van der Waals surface area (Å²) >= 11 is 1.49. The Balaban J connectivity index is 2.03. The molecular formula is C12H12N6S. The molecule has 0 spiro atoms. The predicted octanol–water partition coefficient (Wildman–Crippen LogP) is 2.33. The number of imidazole rings is 1. The van der Waals surface area contributed by atoms with Gasteiger partial charge in [-0.1, -0.05) is 6.07 Å². The molecule has 2 N–H and O–H groups in total. The molecule has 0 bridgehead atoms. The molecule has 96 valence electrons. The Labute approximate surface area is 114 Å². The number of pyridine rings is 1. The zero-order chi connectivity index (χ0) is 13.1. The van der Waals surface area contributed by atoms with Crippen LogP contribution in [-0.2, 0) is 0 Å². The third-order valence-corrected chi connectivity index (χ3v) is 3.37. The van der Waals surface area contributed by atoms with E-state index in [4.69, 9.17) is 0 Å². The number of aromatic amines is 1. The zero-order valence-corrected chi connectivity index (χ0v) is 11.1. The van der Waals surface area contributed by atoms with Crippen molar-refractivity contribution in [1.29, 1.82) is 0 Å². The minimum Gasteiger partial charge on any atom is -0.354 e. The van der Waals surface area contributed by atoms with Crippen molar-refractivity contribution >= 4 is 28.9 Å². The van der Waals surface area contributed by atoms with E-state index in [2.05, 4.69) is 30.2 Å². The number of H-pyrrole nitrogens is 1. The summed E-state index contributed by atoms with van der Waals surface area (Å²) in [5.74, 6) is 0.584. The molecule has 19 heavy (non-hydrogen) atoms. The monoisotopic (exact) mass is 272 g/mol. The van der Waals surface area contributed by atoms with Crippen molar-refractivity contribution in [2.45, 2.75) is 17.0 Å². The maximum Gasteiger partial charge on any atom is 0.225 e. The Morgan fingerprint density at radius 3 is 3.00 bits per heavy atom. The summed E-state index contributed by atoms with van der Waals surface area (Å²) in [6.07, 6.45) is 3.39. The average molecular weight is 272 g/mol. The van der Waals surface area contributed by atoms with Gasteiger partial charge in [0.1, 0.15) is 15.6 Å². The number of aromatic nitrogens is 5. The van der Waals surface area contributed by atoms with Crippen molar-refractivity contribution < 1.29 is 0 Å². The molecule has 6 nitrogen and oxygen atoms in total. The lowest BCUT2D eigenvalue weighted by Crippen LogP contribution is -2.03. The van der Waals surface area contributed by atoms with Gasteiger partial charge in [0.25, 0.3) is 0 Å². The molecule has 7 heteroatoms. The summed E-state index contributed by atoms with van der Waals surface area (Å²) in [6.45, 7) is 2.77. The second-order valence-electron chi connectivity index (χ2n) is 3.75. The molecule has 0 aliphatic rings. The highest BCUT2D eigenvalue weighted by molar-refractivity contribution is 7.99. The van der Waals surface area contributed by atoms with Crippen molar-refractivity contribution in [3.8, 4) is 0 Å². The summed E-state index contributed by atoms with van der Waals surface area (Å²) in [4.78, 5) is 20.4. The van der Waals surface area contributed by atoms with E-state index in [-0.39, 0.29) is 0 Å². The first kappa shape index (κ1) is 11.9. The largest absolute Gasteiger partial charge is 0.354 e. The van der Waals surface area contributed by atoms with Gasteiger partial charge in [-0.25, -0.2) is 15.0 Å². The lowest BCUT2D eigenvalue weighted by Gasteiger charge is -2.05.